The highest BCUT2D eigenvalue weighted by atomic mass is 35.5. The number of rotatable bonds is 7. The highest BCUT2D eigenvalue weighted by molar-refractivity contribution is 7.09. The fourth-order valence-corrected chi connectivity index (χ4v) is 2.13. The predicted octanol–water partition coefficient (Wildman–Crippen LogP) is 2.84. The van der Waals surface area contributed by atoms with Crippen molar-refractivity contribution < 1.29 is 4.79 Å². The molecule has 0 atom stereocenters. The first-order valence-electron chi connectivity index (χ1n) is 6.09. The van der Waals surface area contributed by atoms with Gasteiger partial charge in [-0.05, 0) is 13.0 Å². The van der Waals surface area contributed by atoms with E-state index < -0.39 is 0 Å². The summed E-state index contributed by atoms with van der Waals surface area (Å²) in [4.78, 5) is 16.0. The van der Waals surface area contributed by atoms with Crippen molar-refractivity contribution in [2.75, 3.05) is 19.6 Å². The molecule has 0 saturated heterocycles. The molecular formula is C12H23Cl2N3OS. The molecular weight excluding hydrogens is 305 g/mol. The van der Waals surface area contributed by atoms with Crippen molar-refractivity contribution in [1.29, 1.82) is 0 Å². The standard InChI is InChI=1S/C12H21N3OS.2ClH/c1-4-5-13-6-7-14-11(16)10-8-17-12(15-10)9(2)3;;/h8-9,13H,4-7H2,1-3H3,(H,14,16);2*1H. The molecule has 19 heavy (non-hydrogen) atoms. The summed E-state index contributed by atoms with van der Waals surface area (Å²) in [5.41, 5.74) is 0.536. The van der Waals surface area contributed by atoms with Gasteiger partial charge in [0.1, 0.15) is 5.69 Å². The smallest absolute Gasteiger partial charge is 0.270 e. The molecule has 0 fully saturated rings. The van der Waals surface area contributed by atoms with Crippen molar-refractivity contribution in [3.8, 4) is 0 Å². The number of carbonyl (C=O) groups excluding carboxylic acids is 1. The van der Waals surface area contributed by atoms with Gasteiger partial charge in [-0.3, -0.25) is 4.79 Å². The van der Waals surface area contributed by atoms with Gasteiger partial charge >= 0.3 is 0 Å². The van der Waals surface area contributed by atoms with Crippen LogP contribution in [-0.4, -0.2) is 30.5 Å². The van der Waals surface area contributed by atoms with E-state index in [1.54, 1.807) is 11.3 Å². The number of nitrogens with one attached hydrogen (secondary N) is 2. The third-order valence-corrected chi connectivity index (χ3v) is 3.41. The van der Waals surface area contributed by atoms with Gasteiger partial charge in [0.25, 0.3) is 5.91 Å². The minimum atomic E-state index is -0.0774. The Morgan fingerprint density at radius 1 is 1.32 bits per heavy atom. The molecule has 4 nitrogen and oxygen atoms in total. The zero-order chi connectivity index (χ0) is 12.7. The summed E-state index contributed by atoms with van der Waals surface area (Å²) in [5.74, 6) is 0.305. The molecule has 1 aromatic heterocycles. The summed E-state index contributed by atoms with van der Waals surface area (Å²) < 4.78 is 0. The SMILES string of the molecule is CCCNCCNC(=O)c1csc(C(C)C)n1.Cl.Cl. The maximum Gasteiger partial charge on any atom is 0.270 e. The second-order valence-electron chi connectivity index (χ2n) is 4.23. The van der Waals surface area contributed by atoms with Crippen LogP contribution in [0.2, 0.25) is 0 Å². The Morgan fingerprint density at radius 3 is 2.53 bits per heavy atom. The van der Waals surface area contributed by atoms with E-state index in [0.717, 1.165) is 24.5 Å². The number of hydrogen-bond donors (Lipinski definition) is 2. The van der Waals surface area contributed by atoms with Gasteiger partial charge in [0.2, 0.25) is 0 Å². The highest BCUT2D eigenvalue weighted by Gasteiger charge is 2.11. The third kappa shape index (κ3) is 7.72. The zero-order valence-electron chi connectivity index (χ0n) is 11.6. The van der Waals surface area contributed by atoms with E-state index in [1.165, 1.54) is 0 Å². The van der Waals surface area contributed by atoms with Crippen LogP contribution in [0.3, 0.4) is 0 Å². The zero-order valence-corrected chi connectivity index (χ0v) is 14.0. The van der Waals surface area contributed by atoms with Gasteiger partial charge in [0.15, 0.2) is 0 Å². The van der Waals surface area contributed by atoms with Crippen LogP contribution >= 0.6 is 36.2 Å². The molecule has 0 aromatic carbocycles. The lowest BCUT2D eigenvalue weighted by molar-refractivity contribution is 0.0949. The fourth-order valence-electron chi connectivity index (χ4n) is 1.31. The first-order chi connectivity index (χ1) is 8.15. The summed E-state index contributed by atoms with van der Waals surface area (Å²) in [6, 6.07) is 0. The van der Waals surface area contributed by atoms with Gasteiger partial charge in [0, 0.05) is 24.4 Å². The topological polar surface area (TPSA) is 54.0 Å². The number of thiazole rings is 1. The molecule has 1 heterocycles. The number of aromatic nitrogens is 1. The predicted molar refractivity (Wildman–Crippen MR) is 86.2 cm³/mol. The maximum absolute atomic E-state index is 11.7. The normalized spacial score (nSPS) is 9.68. The second kappa shape index (κ2) is 11.5. The molecule has 0 bridgehead atoms. The van der Waals surface area contributed by atoms with Gasteiger partial charge < -0.3 is 10.6 Å². The van der Waals surface area contributed by atoms with E-state index in [1.807, 2.05) is 5.38 Å². The maximum atomic E-state index is 11.7. The average Bonchev–Trinajstić information content (AvgIpc) is 2.78. The van der Waals surface area contributed by atoms with E-state index in [2.05, 4.69) is 36.4 Å². The van der Waals surface area contributed by atoms with Gasteiger partial charge in [-0.15, -0.1) is 36.2 Å². The molecule has 0 unspecified atom stereocenters. The van der Waals surface area contributed by atoms with Crippen LogP contribution in [0, 0.1) is 0 Å². The molecule has 0 aliphatic carbocycles. The molecule has 1 rings (SSSR count). The molecule has 1 aromatic rings. The summed E-state index contributed by atoms with van der Waals surface area (Å²) in [6.07, 6.45) is 1.11. The Morgan fingerprint density at radius 2 is 2.00 bits per heavy atom. The Bertz CT molecular complexity index is 358. The number of halogens is 2. The van der Waals surface area contributed by atoms with E-state index in [0.29, 0.717) is 18.2 Å². The van der Waals surface area contributed by atoms with Crippen LogP contribution in [0.5, 0.6) is 0 Å². The van der Waals surface area contributed by atoms with Crippen molar-refractivity contribution in [2.24, 2.45) is 0 Å². The molecule has 112 valence electrons. The minimum absolute atomic E-state index is 0. The van der Waals surface area contributed by atoms with E-state index in [4.69, 9.17) is 0 Å². The fraction of sp³-hybridized carbons (Fsp3) is 0.667. The Labute approximate surface area is 131 Å². The van der Waals surface area contributed by atoms with E-state index >= 15 is 0 Å². The largest absolute Gasteiger partial charge is 0.349 e. The molecule has 0 radical (unpaired) electrons. The van der Waals surface area contributed by atoms with E-state index in [-0.39, 0.29) is 30.7 Å². The lowest BCUT2D eigenvalue weighted by atomic mass is 10.2. The summed E-state index contributed by atoms with van der Waals surface area (Å²) >= 11 is 1.55. The number of carbonyl (C=O) groups is 1. The first-order valence-corrected chi connectivity index (χ1v) is 6.97. The third-order valence-electron chi connectivity index (χ3n) is 2.26. The molecule has 2 N–H and O–H groups in total. The molecule has 0 aliphatic rings. The highest BCUT2D eigenvalue weighted by Crippen LogP contribution is 2.18. The second-order valence-corrected chi connectivity index (χ2v) is 5.12. The van der Waals surface area contributed by atoms with Gasteiger partial charge in [0.05, 0.1) is 5.01 Å². The molecule has 0 aliphatic heterocycles. The molecule has 1 amide bonds. The summed E-state index contributed by atoms with van der Waals surface area (Å²) in [7, 11) is 0. The Balaban J connectivity index is 0. The molecule has 7 heteroatoms. The monoisotopic (exact) mass is 327 g/mol. The number of hydrogen-bond acceptors (Lipinski definition) is 4. The van der Waals surface area contributed by atoms with Crippen LogP contribution in [-0.2, 0) is 0 Å². The van der Waals surface area contributed by atoms with Crippen LogP contribution in [0.4, 0.5) is 0 Å². The van der Waals surface area contributed by atoms with Crippen LogP contribution in [0.15, 0.2) is 5.38 Å². The van der Waals surface area contributed by atoms with Crippen LogP contribution < -0.4 is 10.6 Å². The lowest BCUT2D eigenvalue weighted by Gasteiger charge is -2.04. The van der Waals surface area contributed by atoms with Crippen molar-refractivity contribution in [3.63, 3.8) is 0 Å². The Hall–Kier alpha value is -0.360. The van der Waals surface area contributed by atoms with Crippen LogP contribution in [0.1, 0.15) is 48.6 Å². The van der Waals surface area contributed by atoms with Crippen molar-refractivity contribution in [3.05, 3.63) is 16.1 Å². The quantitative estimate of drug-likeness (QED) is 0.757. The minimum Gasteiger partial charge on any atom is -0.349 e. The number of amides is 1. The lowest BCUT2D eigenvalue weighted by Crippen LogP contribution is -2.32. The van der Waals surface area contributed by atoms with Gasteiger partial charge in [-0.2, -0.15) is 0 Å². The summed E-state index contributed by atoms with van der Waals surface area (Å²) in [6.45, 7) is 8.72. The first kappa shape index (κ1) is 20.9. The molecule has 0 saturated carbocycles. The summed E-state index contributed by atoms with van der Waals surface area (Å²) in [5, 5.41) is 8.92. The van der Waals surface area contributed by atoms with Crippen LogP contribution in [0.25, 0.3) is 0 Å². The van der Waals surface area contributed by atoms with Crippen molar-refractivity contribution in [2.45, 2.75) is 33.1 Å². The number of nitrogens with zero attached hydrogens (tertiary/aromatic N) is 1. The van der Waals surface area contributed by atoms with Gasteiger partial charge in [-0.1, -0.05) is 20.8 Å². The van der Waals surface area contributed by atoms with Crippen molar-refractivity contribution >= 4 is 42.1 Å². The Kier molecular flexibility index (Phi) is 12.6. The van der Waals surface area contributed by atoms with Gasteiger partial charge in [-0.25, -0.2) is 4.98 Å². The van der Waals surface area contributed by atoms with Crippen molar-refractivity contribution in [1.82, 2.24) is 15.6 Å². The molecule has 0 spiro atoms. The van der Waals surface area contributed by atoms with E-state index in [9.17, 15) is 4.79 Å². The average molecular weight is 328 g/mol.